The summed E-state index contributed by atoms with van der Waals surface area (Å²) in [6.45, 7) is 9.41. The largest absolute Gasteiger partial charge is 0.327 e. The van der Waals surface area contributed by atoms with Crippen LogP contribution in [0.2, 0.25) is 0 Å². The van der Waals surface area contributed by atoms with Crippen LogP contribution in [-0.4, -0.2) is 20.9 Å². The first-order valence-corrected chi connectivity index (χ1v) is 10.3. The number of rotatable bonds is 4. The maximum absolute atomic E-state index is 10.5. The normalized spacial score (nSPS) is 9.29. The van der Waals surface area contributed by atoms with Crippen molar-refractivity contribution in [3.63, 3.8) is 0 Å². The van der Waals surface area contributed by atoms with Crippen LogP contribution in [0, 0.1) is 0 Å². The lowest BCUT2D eigenvalue weighted by atomic mass is 10.1. The third-order valence-electron chi connectivity index (χ3n) is 2.76. The summed E-state index contributed by atoms with van der Waals surface area (Å²) in [5, 5.41) is 0. The second-order valence-corrected chi connectivity index (χ2v) is 6.56. The predicted octanol–water partition coefficient (Wildman–Crippen LogP) is 6.43. The maximum atomic E-state index is 10.5. The average Bonchev–Trinajstić information content (AvgIpc) is 2.67. The van der Waals surface area contributed by atoms with E-state index >= 15 is 0 Å². The zero-order valence-electron chi connectivity index (χ0n) is 16.2. The average molecular weight is 352 g/mol. The summed E-state index contributed by atoms with van der Waals surface area (Å²) >= 11 is 0. The molecule has 0 aliphatic rings. The zero-order valence-corrected chi connectivity index (χ0v) is 17.0. The van der Waals surface area contributed by atoms with Crippen LogP contribution in [0.15, 0.2) is 60.7 Å². The molecule has 0 unspecified atom stereocenters. The summed E-state index contributed by atoms with van der Waals surface area (Å²) in [6.07, 6.45) is 1.03. The van der Waals surface area contributed by atoms with Crippen molar-refractivity contribution in [2.75, 3.05) is 20.9 Å². The van der Waals surface area contributed by atoms with Gasteiger partial charge in [-0.15, -0.1) is 0 Å². The van der Waals surface area contributed by atoms with Crippen molar-refractivity contribution in [1.29, 1.82) is 0 Å². The van der Waals surface area contributed by atoms with Gasteiger partial charge in [-0.3, -0.25) is 4.57 Å². The van der Waals surface area contributed by atoms with Gasteiger partial charge < -0.3 is 9.05 Å². The summed E-state index contributed by atoms with van der Waals surface area (Å²) in [5.41, 5.74) is 2.74. The minimum absolute atomic E-state index is 1.03. The van der Waals surface area contributed by atoms with Gasteiger partial charge >= 0.3 is 7.60 Å². The molecule has 136 valence electrons. The molecule has 0 atom stereocenters. The lowest BCUT2D eigenvalue weighted by molar-refractivity contribution is 0.282. The minimum Gasteiger partial charge on any atom is -0.312 e. The topological polar surface area (TPSA) is 35.5 Å². The Kier molecular flexibility index (Phi) is 17.0. The highest BCUT2D eigenvalue weighted by Crippen LogP contribution is 2.40. The van der Waals surface area contributed by atoms with Gasteiger partial charge in [0.1, 0.15) is 0 Å². The molecular weight excluding hydrogens is 319 g/mol. The Hall–Kier alpha value is -1.41. The summed E-state index contributed by atoms with van der Waals surface area (Å²) in [5.74, 6) is 0. The molecule has 0 heterocycles. The Bertz CT molecular complexity index is 482. The van der Waals surface area contributed by atoms with Gasteiger partial charge in [0, 0.05) is 20.9 Å². The Labute approximate surface area is 148 Å². The van der Waals surface area contributed by atoms with E-state index in [0.717, 1.165) is 6.42 Å². The van der Waals surface area contributed by atoms with E-state index in [9.17, 15) is 4.57 Å². The molecule has 0 radical (unpaired) electrons. The molecule has 0 bridgehead atoms. The third kappa shape index (κ3) is 13.1. The van der Waals surface area contributed by atoms with Crippen LogP contribution in [0.3, 0.4) is 0 Å². The number of hydrogen-bond acceptors (Lipinski definition) is 3. The highest BCUT2D eigenvalue weighted by molar-refractivity contribution is 7.52. The van der Waals surface area contributed by atoms with Crippen LogP contribution in [0.4, 0.5) is 0 Å². The van der Waals surface area contributed by atoms with Gasteiger partial charge in [0.15, 0.2) is 0 Å². The third-order valence-corrected chi connectivity index (χ3v) is 4.08. The standard InChI is InChI=1S/C13H12.C3H9O3P.2C2H6/c1-3-7-12(8-4-1)11-13-9-5-2-6-10-13;1-5-7(3,4)6-2;2*1-2/h1-10H,11H2;1-3H3;2*1-2H3. The maximum Gasteiger partial charge on any atom is 0.327 e. The van der Waals surface area contributed by atoms with Crippen molar-refractivity contribution in [2.24, 2.45) is 0 Å². The summed E-state index contributed by atoms with van der Waals surface area (Å²) in [7, 11) is 0.0486. The molecule has 0 aromatic heterocycles. The highest BCUT2D eigenvalue weighted by Gasteiger charge is 2.08. The molecule has 0 spiro atoms. The quantitative estimate of drug-likeness (QED) is 0.595. The van der Waals surface area contributed by atoms with Gasteiger partial charge in [-0.05, 0) is 17.5 Å². The van der Waals surface area contributed by atoms with Gasteiger partial charge in [0.05, 0.1) is 0 Å². The lowest BCUT2D eigenvalue weighted by Crippen LogP contribution is -1.85. The second kappa shape index (κ2) is 16.4. The predicted molar refractivity (Wildman–Crippen MR) is 106 cm³/mol. The van der Waals surface area contributed by atoms with Crippen molar-refractivity contribution < 1.29 is 13.6 Å². The number of hydrogen-bond donors (Lipinski definition) is 0. The molecule has 0 aliphatic carbocycles. The van der Waals surface area contributed by atoms with E-state index in [2.05, 4.69) is 69.7 Å². The molecule has 0 amide bonds. The van der Waals surface area contributed by atoms with Crippen molar-refractivity contribution in [1.82, 2.24) is 0 Å². The number of benzene rings is 2. The minimum atomic E-state index is -2.65. The fourth-order valence-corrected chi connectivity index (χ4v) is 1.65. The van der Waals surface area contributed by atoms with E-state index < -0.39 is 7.60 Å². The van der Waals surface area contributed by atoms with E-state index in [4.69, 9.17) is 0 Å². The molecular formula is C20H33O3P. The zero-order chi connectivity index (χ0) is 18.8. The van der Waals surface area contributed by atoms with Crippen LogP contribution in [0.5, 0.6) is 0 Å². The van der Waals surface area contributed by atoms with Crippen molar-refractivity contribution in [2.45, 2.75) is 34.1 Å². The highest BCUT2D eigenvalue weighted by atomic mass is 31.2. The summed E-state index contributed by atoms with van der Waals surface area (Å²) in [4.78, 5) is 0. The fourth-order valence-electron chi connectivity index (χ4n) is 1.50. The molecule has 2 aromatic carbocycles. The lowest BCUT2D eigenvalue weighted by Gasteiger charge is -2.04. The Balaban J connectivity index is 0. The molecule has 2 aromatic rings. The van der Waals surface area contributed by atoms with Crippen LogP contribution < -0.4 is 0 Å². The van der Waals surface area contributed by atoms with E-state index in [1.54, 1.807) is 0 Å². The molecule has 0 fully saturated rings. The van der Waals surface area contributed by atoms with Crippen LogP contribution >= 0.6 is 7.60 Å². The molecule has 24 heavy (non-hydrogen) atoms. The molecule has 0 saturated heterocycles. The van der Waals surface area contributed by atoms with Gasteiger partial charge in [-0.25, -0.2) is 0 Å². The molecule has 0 saturated carbocycles. The first kappa shape index (κ1) is 24.8. The summed E-state index contributed by atoms with van der Waals surface area (Å²) < 4.78 is 19.3. The molecule has 0 N–H and O–H groups in total. The second-order valence-electron chi connectivity index (χ2n) is 4.28. The van der Waals surface area contributed by atoms with E-state index in [1.165, 1.54) is 32.0 Å². The van der Waals surface area contributed by atoms with Gasteiger partial charge in [0.2, 0.25) is 0 Å². The van der Waals surface area contributed by atoms with Crippen LogP contribution in [0.1, 0.15) is 38.8 Å². The monoisotopic (exact) mass is 352 g/mol. The van der Waals surface area contributed by atoms with Gasteiger partial charge in [0.25, 0.3) is 0 Å². The van der Waals surface area contributed by atoms with Crippen LogP contribution in [-0.2, 0) is 20.0 Å². The van der Waals surface area contributed by atoms with Crippen molar-refractivity contribution >= 4 is 7.60 Å². The van der Waals surface area contributed by atoms with Crippen molar-refractivity contribution in [3.8, 4) is 0 Å². The van der Waals surface area contributed by atoms with Crippen molar-refractivity contribution in [3.05, 3.63) is 71.8 Å². The molecule has 3 nitrogen and oxygen atoms in total. The smallest absolute Gasteiger partial charge is 0.312 e. The molecule has 0 aliphatic heterocycles. The van der Waals surface area contributed by atoms with E-state index in [1.807, 2.05) is 27.7 Å². The Morgan fingerprint density at radius 1 is 0.708 bits per heavy atom. The SMILES string of the molecule is CC.CC.COP(C)(=O)OC.c1ccc(Cc2ccccc2)cc1. The first-order valence-electron chi connectivity index (χ1n) is 8.34. The Morgan fingerprint density at radius 3 is 1.21 bits per heavy atom. The molecule has 2 rings (SSSR count). The van der Waals surface area contributed by atoms with Gasteiger partial charge in [-0.1, -0.05) is 88.4 Å². The van der Waals surface area contributed by atoms with E-state index in [-0.39, 0.29) is 0 Å². The van der Waals surface area contributed by atoms with Crippen LogP contribution in [0.25, 0.3) is 0 Å². The van der Waals surface area contributed by atoms with Gasteiger partial charge in [-0.2, -0.15) is 0 Å². The Morgan fingerprint density at radius 2 is 1.00 bits per heavy atom. The fraction of sp³-hybridized carbons (Fsp3) is 0.400. The van der Waals surface area contributed by atoms with E-state index in [0.29, 0.717) is 0 Å². The first-order chi connectivity index (χ1) is 11.6. The summed E-state index contributed by atoms with van der Waals surface area (Å²) in [6, 6.07) is 21.1. The molecule has 4 heteroatoms.